The lowest BCUT2D eigenvalue weighted by Crippen LogP contribution is -2.17. The van der Waals surface area contributed by atoms with Crippen molar-refractivity contribution < 1.29 is 9.47 Å². The second-order valence-corrected chi connectivity index (χ2v) is 2.69. The van der Waals surface area contributed by atoms with Crippen molar-refractivity contribution in [1.82, 2.24) is 0 Å². The van der Waals surface area contributed by atoms with Crippen molar-refractivity contribution in [3.05, 3.63) is 0 Å². The van der Waals surface area contributed by atoms with Crippen molar-refractivity contribution in [3.63, 3.8) is 0 Å². The molecule has 0 amide bonds. The molecule has 0 rings (SSSR count). The maximum atomic E-state index is 5.31. The highest BCUT2D eigenvalue weighted by Crippen LogP contribution is 1.99. The summed E-state index contributed by atoms with van der Waals surface area (Å²) in [4.78, 5) is 0. The normalized spacial score (nSPS) is 13.5. The van der Waals surface area contributed by atoms with E-state index in [-0.39, 0.29) is 6.29 Å². The largest absolute Gasteiger partial charge is 0.355 e. The lowest BCUT2D eigenvalue weighted by atomic mass is 10.4. The first kappa shape index (κ1) is 10.4. The molecule has 0 bridgehead atoms. The van der Waals surface area contributed by atoms with E-state index in [0.29, 0.717) is 0 Å². The molecule has 0 spiro atoms. The summed E-state index contributed by atoms with van der Waals surface area (Å²) in [7, 11) is 1.65. The van der Waals surface area contributed by atoms with Crippen LogP contribution in [0.15, 0.2) is 0 Å². The molecule has 0 radical (unpaired) electrons. The summed E-state index contributed by atoms with van der Waals surface area (Å²) in [5.74, 6) is 0. The number of ether oxygens (including phenoxy) is 2. The summed E-state index contributed by atoms with van der Waals surface area (Å²) in [5.41, 5.74) is 0. The second kappa shape index (κ2) is 7.51. The van der Waals surface area contributed by atoms with Crippen molar-refractivity contribution in [2.45, 2.75) is 26.1 Å². The topological polar surface area (TPSA) is 18.5 Å². The molecule has 0 N–H and O–H groups in total. The Kier molecular flexibility index (Phi) is 7.81. The third-order valence-electron chi connectivity index (χ3n) is 1.19. The van der Waals surface area contributed by atoms with Crippen LogP contribution in [0, 0.1) is 0 Å². The highest BCUT2D eigenvalue weighted by Gasteiger charge is 2.02. The van der Waals surface area contributed by atoms with E-state index >= 15 is 0 Å². The van der Waals surface area contributed by atoms with Crippen molar-refractivity contribution >= 4 is 15.9 Å². The molecule has 0 saturated carbocycles. The molecule has 62 valence electrons. The SMILES string of the molecule is CCCCOC(CBr)OC. The van der Waals surface area contributed by atoms with E-state index in [1.54, 1.807) is 7.11 Å². The molecule has 0 aromatic carbocycles. The van der Waals surface area contributed by atoms with Gasteiger partial charge >= 0.3 is 0 Å². The molecule has 0 aromatic rings. The monoisotopic (exact) mass is 210 g/mol. The molecule has 0 heterocycles. The fourth-order valence-electron chi connectivity index (χ4n) is 0.535. The van der Waals surface area contributed by atoms with Gasteiger partial charge in [-0.2, -0.15) is 0 Å². The summed E-state index contributed by atoms with van der Waals surface area (Å²) in [6, 6.07) is 0. The Morgan fingerprint density at radius 3 is 2.60 bits per heavy atom. The summed E-state index contributed by atoms with van der Waals surface area (Å²) >= 11 is 3.28. The number of methoxy groups -OCH3 is 1. The molecule has 0 saturated heterocycles. The quantitative estimate of drug-likeness (QED) is 0.381. The second-order valence-electron chi connectivity index (χ2n) is 2.04. The highest BCUT2D eigenvalue weighted by molar-refractivity contribution is 9.09. The predicted molar refractivity (Wildman–Crippen MR) is 45.5 cm³/mol. The van der Waals surface area contributed by atoms with E-state index in [4.69, 9.17) is 9.47 Å². The molecule has 0 aliphatic rings. The molecule has 0 fully saturated rings. The molecule has 10 heavy (non-hydrogen) atoms. The van der Waals surface area contributed by atoms with Crippen LogP contribution in [0.4, 0.5) is 0 Å². The summed E-state index contributed by atoms with van der Waals surface area (Å²) < 4.78 is 10.3. The van der Waals surface area contributed by atoms with E-state index in [1.165, 1.54) is 6.42 Å². The number of alkyl halides is 1. The average Bonchev–Trinajstić information content (AvgIpc) is 1.99. The molecule has 1 atom stereocenters. The van der Waals surface area contributed by atoms with Gasteiger partial charge in [-0.3, -0.25) is 0 Å². The summed E-state index contributed by atoms with van der Waals surface area (Å²) in [5, 5.41) is 0.743. The smallest absolute Gasteiger partial charge is 0.166 e. The van der Waals surface area contributed by atoms with Crippen LogP contribution in [0.25, 0.3) is 0 Å². The number of hydrogen-bond donors (Lipinski definition) is 0. The van der Waals surface area contributed by atoms with Gasteiger partial charge in [0, 0.05) is 13.7 Å². The standard InChI is InChI=1S/C7H15BrO2/c1-3-4-5-10-7(6-8)9-2/h7H,3-6H2,1-2H3. The Morgan fingerprint density at radius 1 is 1.50 bits per heavy atom. The summed E-state index contributed by atoms with van der Waals surface area (Å²) in [6.45, 7) is 2.93. The molecule has 3 heteroatoms. The molecular formula is C7H15BrO2. The zero-order valence-corrected chi connectivity index (χ0v) is 8.19. The Morgan fingerprint density at radius 2 is 2.20 bits per heavy atom. The Hall–Kier alpha value is 0.400. The molecular weight excluding hydrogens is 196 g/mol. The molecule has 0 aromatic heterocycles. The number of hydrogen-bond acceptors (Lipinski definition) is 2. The van der Waals surface area contributed by atoms with Crippen LogP contribution in [-0.4, -0.2) is 25.3 Å². The van der Waals surface area contributed by atoms with Gasteiger partial charge in [-0.25, -0.2) is 0 Å². The maximum absolute atomic E-state index is 5.31. The van der Waals surface area contributed by atoms with E-state index < -0.39 is 0 Å². The lowest BCUT2D eigenvalue weighted by Gasteiger charge is -2.12. The molecule has 0 aliphatic carbocycles. The Labute approximate surface area is 71.0 Å². The van der Waals surface area contributed by atoms with Gasteiger partial charge in [-0.05, 0) is 6.42 Å². The van der Waals surface area contributed by atoms with Crippen LogP contribution in [-0.2, 0) is 9.47 Å². The van der Waals surface area contributed by atoms with Gasteiger partial charge in [0.2, 0.25) is 0 Å². The van der Waals surface area contributed by atoms with E-state index in [1.807, 2.05) is 0 Å². The average molecular weight is 211 g/mol. The Bertz CT molecular complexity index is 64.6. The fraction of sp³-hybridized carbons (Fsp3) is 1.00. The number of unbranched alkanes of at least 4 members (excludes halogenated alkanes) is 1. The van der Waals surface area contributed by atoms with Crippen LogP contribution in [0.5, 0.6) is 0 Å². The van der Waals surface area contributed by atoms with Gasteiger partial charge in [-0.15, -0.1) is 0 Å². The van der Waals surface area contributed by atoms with Crippen molar-refractivity contribution in [2.75, 3.05) is 19.0 Å². The van der Waals surface area contributed by atoms with E-state index in [9.17, 15) is 0 Å². The van der Waals surface area contributed by atoms with E-state index in [2.05, 4.69) is 22.9 Å². The van der Waals surface area contributed by atoms with Crippen LogP contribution in [0.3, 0.4) is 0 Å². The van der Waals surface area contributed by atoms with Gasteiger partial charge < -0.3 is 9.47 Å². The number of halogens is 1. The van der Waals surface area contributed by atoms with Gasteiger partial charge in [0.05, 0.1) is 5.33 Å². The first-order valence-corrected chi connectivity index (χ1v) is 4.67. The molecule has 1 unspecified atom stereocenters. The van der Waals surface area contributed by atoms with Crippen LogP contribution in [0.2, 0.25) is 0 Å². The van der Waals surface area contributed by atoms with Gasteiger partial charge in [0.15, 0.2) is 6.29 Å². The zero-order valence-electron chi connectivity index (χ0n) is 6.60. The van der Waals surface area contributed by atoms with Gasteiger partial charge in [0.1, 0.15) is 0 Å². The van der Waals surface area contributed by atoms with Crippen LogP contribution >= 0.6 is 15.9 Å². The van der Waals surface area contributed by atoms with Gasteiger partial charge in [0.25, 0.3) is 0 Å². The molecule has 0 aliphatic heterocycles. The van der Waals surface area contributed by atoms with Crippen molar-refractivity contribution in [3.8, 4) is 0 Å². The first-order valence-electron chi connectivity index (χ1n) is 3.55. The summed E-state index contributed by atoms with van der Waals surface area (Å²) in [6.07, 6.45) is 2.19. The highest BCUT2D eigenvalue weighted by atomic mass is 79.9. The minimum Gasteiger partial charge on any atom is -0.355 e. The van der Waals surface area contributed by atoms with Crippen LogP contribution < -0.4 is 0 Å². The van der Waals surface area contributed by atoms with Crippen molar-refractivity contribution in [1.29, 1.82) is 0 Å². The minimum absolute atomic E-state index is 0.0773. The lowest BCUT2D eigenvalue weighted by molar-refractivity contribution is -0.107. The third-order valence-corrected chi connectivity index (χ3v) is 1.72. The third kappa shape index (κ3) is 5.21. The Balaban J connectivity index is 3.09. The fourth-order valence-corrected chi connectivity index (χ4v) is 0.986. The molecule has 2 nitrogen and oxygen atoms in total. The zero-order chi connectivity index (χ0) is 7.82. The predicted octanol–water partition coefficient (Wildman–Crippen LogP) is 2.17. The van der Waals surface area contributed by atoms with Crippen LogP contribution in [0.1, 0.15) is 19.8 Å². The number of rotatable bonds is 6. The van der Waals surface area contributed by atoms with E-state index in [0.717, 1.165) is 18.4 Å². The minimum atomic E-state index is -0.0773. The van der Waals surface area contributed by atoms with Crippen molar-refractivity contribution in [2.24, 2.45) is 0 Å². The van der Waals surface area contributed by atoms with Gasteiger partial charge in [-0.1, -0.05) is 29.3 Å². The maximum Gasteiger partial charge on any atom is 0.166 e. The first-order chi connectivity index (χ1) is 4.85.